The summed E-state index contributed by atoms with van der Waals surface area (Å²) in [7, 11) is 1.29. The van der Waals surface area contributed by atoms with Crippen molar-refractivity contribution in [2.24, 2.45) is 10.9 Å². The van der Waals surface area contributed by atoms with E-state index in [-0.39, 0.29) is 11.5 Å². The Morgan fingerprint density at radius 2 is 2.18 bits per heavy atom. The molecule has 1 saturated heterocycles. The summed E-state index contributed by atoms with van der Waals surface area (Å²) in [6.45, 7) is 4.56. The molecule has 0 aromatic heterocycles. The Morgan fingerprint density at radius 3 is 2.82 bits per heavy atom. The lowest BCUT2D eigenvalue weighted by Gasteiger charge is -2.37. The van der Waals surface area contributed by atoms with Gasteiger partial charge in [0.2, 0.25) is 0 Å². The zero-order valence-electron chi connectivity index (χ0n) is 15.8. The van der Waals surface area contributed by atoms with Crippen LogP contribution in [0.1, 0.15) is 31.9 Å². The number of thiocarbonyl (C=S) groups is 1. The number of benzene rings is 1. The van der Waals surface area contributed by atoms with Crippen LogP contribution in [-0.4, -0.2) is 36.1 Å². The van der Waals surface area contributed by atoms with Gasteiger partial charge in [0.25, 0.3) is 0 Å². The van der Waals surface area contributed by atoms with Crippen molar-refractivity contribution < 1.29 is 18.3 Å². The number of carbonyl (C=O) groups excluding carboxylic acids is 1. The number of nitrogens with one attached hydrogen (secondary N) is 1. The second-order valence-corrected chi connectivity index (χ2v) is 7.14. The summed E-state index contributed by atoms with van der Waals surface area (Å²) in [4.78, 5) is 18.9. The van der Waals surface area contributed by atoms with Crippen molar-refractivity contribution in [2.45, 2.75) is 26.3 Å². The van der Waals surface area contributed by atoms with Gasteiger partial charge in [0, 0.05) is 35.5 Å². The van der Waals surface area contributed by atoms with Gasteiger partial charge in [-0.1, -0.05) is 25.2 Å². The molecule has 148 valence electrons. The number of hydrogen-bond donors (Lipinski definition) is 1. The molecule has 5 nitrogen and oxygen atoms in total. The molecule has 8 heteroatoms. The van der Waals surface area contributed by atoms with Crippen LogP contribution in [-0.2, 0) is 9.53 Å². The number of carbonyl (C=O) groups is 1. The zero-order chi connectivity index (χ0) is 20.4. The first-order valence-electron chi connectivity index (χ1n) is 8.86. The van der Waals surface area contributed by atoms with Crippen LogP contribution < -0.4 is 5.32 Å². The molecule has 0 unspecified atom stereocenters. The van der Waals surface area contributed by atoms with Gasteiger partial charge >= 0.3 is 5.97 Å². The van der Waals surface area contributed by atoms with E-state index in [9.17, 15) is 13.6 Å². The smallest absolute Gasteiger partial charge is 0.337 e. The molecule has 0 spiro atoms. The third kappa shape index (κ3) is 3.69. The molecule has 0 saturated carbocycles. The van der Waals surface area contributed by atoms with Crippen LogP contribution in [0.2, 0.25) is 0 Å². The van der Waals surface area contributed by atoms with Crippen LogP contribution in [0, 0.1) is 17.6 Å². The molecule has 3 rings (SSSR count). The summed E-state index contributed by atoms with van der Waals surface area (Å²) in [5.41, 5.74) is 1.90. The van der Waals surface area contributed by atoms with Crippen molar-refractivity contribution in [1.29, 1.82) is 0 Å². The molecule has 0 radical (unpaired) electrons. The van der Waals surface area contributed by atoms with Crippen molar-refractivity contribution >= 4 is 29.8 Å². The van der Waals surface area contributed by atoms with E-state index in [1.807, 2.05) is 4.90 Å². The lowest BCUT2D eigenvalue weighted by molar-refractivity contribution is -0.136. The van der Waals surface area contributed by atoms with Crippen LogP contribution >= 0.6 is 12.2 Å². The molecule has 1 aromatic carbocycles. The van der Waals surface area contributed by atoms with E-state index in [2.05, 4.69) is 17.2 Å². The highest BCUT2D eigenvalue weighted by Crippen LogP contribution is 2.42. The normalized spacial score (nSPS) is 23.5. The van der Waals surface area contributed by atoms with Crippen molar-refractivity contribution in [3.05, 3.63) is 58.2 Å². The monoisotopic (exact) mass is 405 g/mol. The lowest BCUT2D eigenvalue weighted by Crippen LogP contribution is -2.41. The van der Waals surface area contributed by atoms with Crippen LogP contribution in [0.4, 0.5) is 8.78 Å². The number of hydrogen-bond acceptors (Lipinski definition) is 6. The molecule has 0 amide bonds. The summed E-state index contributed by atoms with van der Waals surface area (Å²) >= 11 is 4.80. The van der Waals surface area contributed by atoms with Crippen LogP contribution in [0.25, 0.3) is 0 Å². The maximum atomic E-state index is 14.6. The standard InChI is InChI=1S/C20H21F2N3O2S/c1-11-8-16-17(20(26)27-3)18(14-5-4-13(21)9-15(14)22)24-19(25(16)10-11)12(2)23-6-7-28/h4-7,9,11,18,24H,8,10H2,1-3H3/t11-,18-/m0/s1. The molecule has 1 fully saturated rings. The SMILES string of the molecule is COC(=O)C1=C2C[C@H](C)CN2C(=C(C)N=CC=S)N[C@H]1c1ccc(F)cc1F. The first-order valence-corrected chi connectivity index (χ1v) is 9.33. The molecule has 28 heavy (non-hydrogen) atoms. The second-order valence-electron chi connectivity index (χ2n) is 6.86. The van der Waals surface area contributed by atoms with Gasteiger partial charge in [-0.05, 0) is 25.3 Å². The van der Waals surface area contributed by atoms with Crippen molar-refractivity contribution in [3.63, 3.8) is 0 Å². The first kappa shape index (κ1) is 20.1. The van der Waals surface area contributed by atoms with E-state index in [1.165, 1.54) is 30.8 Å². The lowest BCUT2D eigenvalue weighted by atomic mass is 9.93. The minimum atomic E-state index is -0.822. The van der Waals surface area contributed by atoms with Crippen LogP contribution in [0.3, 0.4) is 0 Å². The van der Waals surface area contributed by atoms with E-state index in [1.54, 1.807) is 6.92 Å². The number of fused-ring (bicyclic) bond motifs is 1. The number of rotatable bonds is 4. The van der Waals surface area contributed by atoms with Gasteiger partial charge in [0.1, 0.15) is 17.5 Å². The fraction of sp³-hybridized carbons (Fsp3) is 0.350. The van der Waals surface area contributed by atoms with E-state index in [0.717, 1.165) is 11.8 Å². The van der Waals surface area contributed by atoms with Crippen molar-refractivity contribution in [3.8, 4) is 0 Å². The fourth-order valence-electron chi connectivity index (χ4n) is 3.68. The maximum Gasteiger partial charge on any atom is 0.337 e. The Balaban J connectivity index is 2.22. The van der Waals surface area contributed by atoms with Gasteiger partial charge in [-0.15, -0.1) is 0 Å². The van der Waals surface area contributed by atoms with Gasteiger partial charge in [-0.3, -0.25) is 4.99 Å². The summed E-state index contributed by atoms with van der Waals surface area (Å²) in [5, 5.41) is 4.61. The predicted molar refractivity (Wildman–Crippen MR) is 107 cm³/mol. The Bertz CT molecular complexity index is 911. The van der Waals surface area contributed by atoms with Crippen LogP contribution in [0.5, 0.6) is 0 Å². The number of allylic oxidation sites excluding steroid dienone is 2. The molecular weight excluding hydrogens is 384 g/mol. The average molecular weight is 405 g/mol. The molecule has 2 aliphatic heterocycles. The largest absolute Gasteiger partial charge is 0.466 e. The number of nitrogens with zero attached hydrogens (tertiary/aromatic N) is 2. The molecule has 1 N–H and O–H groups in total. The first-order chi connectivity index (χ1) is 13.4. The molecule has 0 aliphatic carbocycles. The highest BCUT2D eigenvalue weighted by atomic mass is 32.1. The van der Waals surface area contributed by atoms with Crippen molar-refractivity contribution in [2.75, 3.05) is 13.7 Å². The van der Waals surface area contributed by atoms with Gasteiger partial charge < -0.3 is 15.0 Å². The predicted octanol–water partition coefficient (Wildman–Crippen LogP) is 3.64. The molecule has 2 aliphatic rings. The quantitative estimate of drug-likeness (QED) is 0.471. The minimum Gasteiger partial charge on any atom is -0.466 e. The van der Waals surface area contributed by atoms with Gasteiger partial charge in [-0.25, -0.2) is 13.6 Å². The molecule has 1 aromatic rings. The average Bonchev–Trinajstić information content (AvgIpc) is 3.05. The third-order valence-corrected chi connectivity index (χ3v) is 4.98. The Kier molecular flexibility index (Phi) is 5.88. The van der Waals surface area contributed by atoms with E-state index in [4.69, 9.17) is 17.0 Å². The number of aliphatic imine (C=N–C) groups is 1. The highest BCUT2D eigenvalue weighted by Gasteiger charge is 2.41. The number of halogens is 2. The second kappa shape index (κ2) is 8.18. The van der Waals surface area contributed by atoms with E-state index in [0.29, 0.717) is 30.1 Å². The minimum absolute atomic E-state index is 0.164. The molecule has 2 heterocycles. The third-order valence-electron chi connectivity index (χ3n) is 4.86. The summed E-state index contributed by atoms with van der Waals surface area (Å²) in [5.74, 6) is -1.02. The number of ether oxygens (including phenoxy) is 1. The summed E-state index contributed by atoms with van der Waals surface area (Å²) < 4.78 is 33.0. The topological polar surface area (TPSA) is 53.9 Å². The van der Waals surface area contributed by atoms with E-state index < -0.39 is 23.6 Å². The zero-order valence-corrected chi connectivity index (χ0v) is 16.6. The molecule has 2 atom stereocenters. The van der Waals surface area contributed by atoms with Gasteiger partial charge in [0.15, 0.2) is 0 Å². The van der Waals surface area contributed by atoms with Crippen LogP contribution in [0.15, 0.2) is 46.0 Å². The molecule has 0 bridgehead atoms. The maximum absolute atomic E-state index is 14.6. The Hall–Kier alpha value is -2.61. The summed E-state index contributed by atoms with van der Waals surface area (Å²) in [6.07, 6.45) is 2.13. The fourth-order valence-corrected chi connectivity index (χ4v) is 3.74. The van der Waals surface area contributed by atoms with Crippen molar-refractivity contribution in [1.82, 2.24) is 10.2 Å². The Labute approximate surface area is 167 Å². The highest BCUT2D eigenvalue weighted by molar-refractivity contribution is 7.80. The van der Waals surface area contributed by atoms with Gasteiger partial charge in [-0.2, -0.15) is 0 Å². The number of methoxy groups -OCH3 is 1. The van der Waals surface area contributed by atoms with Gasteiger partial charge in [0.05, 0.1) is 24.4 Å². The molecular formula is C20H21F2N3O2S. The van der Waals surface area contributed by atoms with E-state index >= 15 is 0 Å². The summed E-state index contributed by atoms with van der Waals surface area (Å²) in [6, 6.07) is 2.50. The Morgan fingerprint density at radius 1 is 1.43 bits per heavy atom. The number of esters is 1.